The molecule has 1 N–H and O–H groups in total. The van der Waals surface area contributed by atoms with Crippen molar-refractivity contribution < 1.29 is 0 Å². The molecule has 0 fully saturated rings. The Balaban J connectivity index is 2.10. The maximum Gasteiger partial charge on any atom is 0.0795 e. The summed E-state index contributed by atoms with van der Waals surface area (Å²) in [5.74, 6) is 4.46. The summed E-state index contributed by atoms with van der Waals surface area (Å²) < 4.78 is 0. The normalized spacial score (nSPS) is 12.3. The Morgan fingerprint density at radius 2 is 2.64 bits per heavy atom. The first-order chi connectivity index (χ1) is 6.84. The number of nitrogens with one attached hydrogen (secondary N) is 1. The van der Waals surface area contributed by atoms with Crippen LogP contribution in [-0.2, 0) is 0 Å². The molecule has 0 aliphatic carbocycles. The van der Waals surface area contributed by atoms with Gasteiger partial charge in [-0.3, -0.25) is 0 Å². The lowest BCUT2D eigenvalue weighted by Gasteiger charge is -2.10. The van der Waals surface area contributed by atoms with Crippen molar-refractivity contribution in [2.24, 2.45) is 0 Å². The zero-order chi connectivity index (χ0) is 10.2. The van der Waals surface area contributed by atoms with Crippen molar-refractivity contribution in [3.63, 3.8) is 0 Å². The Bertz CT molecular complexity index is 277. The molecule has 0 saturated heterocycles. The first-order valence-electron chi connectivity index (χ1n) is 4.47. The molecule has 0 bridgehead atoms. The van der Waals surface area contributed by atoms with Crippen molar-refractivity contribution in [3.05, 3.63) is 16.6 Å². The zero-order valence-electron chi connectivity index (χ0n) is 8.19. The number of thiazole rings is 1. The van der Waals surface area contributed by atoms with Crippen LogP contribution >= 0.6 is 23.1 Å². The van der Waals surface area contributed by atoms with Gasteiger partial charge in [0.05, 0.1) is 17.0 Å². The number of rotatable bonds is 6. The third-order valence-corrected chi connectivity index (χ3v) is 3.25. The highest BCUT2D eigenvalue weighted by atomic mass is 32.2. The molecule has 1 aromatic heterocycles. The molecule has 0 amide bonds. The molecule has 76 valence electrons. The quantitative estimate of drug-likeness (QED) is 0.594. The lowest BCUT2D eigenvalue weighted by Crippen LogP contribution is -2.21. The largest absolute Gasteiger partial charge is 0.308 e. The summed E-state index contributed by atoms with van der Waals surface area (Å²) in [6.07, 6.45) is 5.15. The van der Waals surface area contributed by atoms with Crippen LogP contribution in [0.2, 0.25) is 0 Å². The molecular formula is C10H14N2S2. The van der Waals surface area contributed by atoms with E-state index in [4.69, 9.17) is 6.42 Å². The minimum atomic E-state index is 0.340. The van der Waals surface area contributed by atoms with E-state index in [1.807, 2.05) is 5.51 Å². The summed E-state index contributed by atoms with van der Waals surface area (Å²) in [6.45, 7) is 3.10. The van der Waals surface area contributed by atoms with Crippen LogP contribution in [-0.4, -0.2) is 23.0 Å². The van der Waals surface area contributed by atoms with Gasteiger partial charge in [0, 0.05) is 23.7 Å². The number of hydrogen-bond acceptors (Lipinski definition) is 4. The fraction of sp³-hybridized carbons (Fsp3) is 0.500. The third kappa shape index (κ3) is 4.14. The summed E-state index contributed by atoms with van der Waals surface area (Å²) in [4.78, 5) is 4.25. The van der Waals surface area contributed by atoms with E-state index in [0.717, 1.165) is 23.7 Å². The lowest BCUT2D eigenvalue weighted by atomic mass is 10.3. The van der Waals surface area contributed by atoms with Crippen molar-refractivity contribution in [2.45, 2.75) is 13.0 Å². The zero-order valence-corrected chi connectivity index (χ0v) is 9.83. The minimum absolute atomic E-state index is 0.340. The van der Waals surface area contributed by atoms with Gasteiger partial charge < -0.3 is 5.32 Å². The molecule has 0 aliphatic rings. The second-order valence-electron chi connectivity index (χ2n) is 2.85. The maximum atomic E-state index is 5.15. The van der Waals surface area contributed by atoms with Crippen molar-refractivity contribution in [1.29, 1.82) is 0 Å². The molecule has 14 heavy (non-hydrogen) atoms. The number of nitrogens with zero attached hydrogens (tertiary/aromatic N) is 1. The van der Waals surface area contributed by atoms with Crippen LogP contribution in [0.25, 0.3) is 0 Å². The monoisotopic (exact) mass is 226 g/mol. The summed E-state index contributed by atoms with van der Waals surface area (Å²) in [5.41, 5.74) is 2.98. The van der Waals surface area contributed by atoms with Gasteiger partial charge in [0.1, 0.15) is 0 Å². The van der Waals surface area contributed by atoms with Crippen LogP contribution in [0.4, 0.5) is 0 Å². The van der Waals surface area contributed by atoms with Gasteiger partial charge in [-0.2, -0.15) is 0 Å². The molecule has 0 aliphatic heterocycles. The van der Waals surface area contributed by atoms with E-state index in [-0.39, 0.29) is 0 Å². The lowest BCUT2D eigenvalue weighted by molar-refractivity contribution is 0.589. The molecular weight excluding hydrogens is 212 g/mol. The van der Waals surface area contributed by atoms with E-state index in [2.05, 4.69) is 28.5 Å². The minimum Gasteiger partial charge on any atom is -0.308 e. The summed E-state index contributed by atoms with van der Waals surface area (Å²) in [6, 6.07) is 0.340. The van der Waals surface area contributed by atoms with Gasteiger partial charge in [-0.15, -0.1) is 29.5 Å². The molecule has 1 rings (SSSR count). The first-order valence-corrected chi connectivity index (χ1v) is 6.57. The van der Waals surface area contributed by atoms with E-state index in [9.17, 15) is 0 Å². The van der Waals surface area contributed by atoms with Crippen LogP contribution < -0.4 is 5.32 Å². The number of hydrogen-bond donors (Lipinski definition) is 1. The average Bonchev–Trinajstić information content (AvgIpc) is 2.70. The van der Waals surface area contributed by atoms with Gasteiger partial charge in [-0.25, -0.2) is 4.98 Å². The maximum absolute atomic E-state index is 5.15. The standard InChI is InChI=1S/C10H14N2S2/c1-3-5-13-6-4-11-9(2)10-7-14-8-12-10/h1,7-9,11H,4-6H2,2H3. The molecule has 0 saturated carbocycles. The van der Waals surface area contributed by atoms with E-state index in [1.165, 1.54) is 0 Å². The average molecular weight is 226 g/mol. The molecule has 1 aromatic rings. The second-order valence-corrected chi connectivity index (χ2v) is 4.67. The highest BCUT2D eigenvalue weighted by Gasteiger charge is 2.04. The Kier molecular flexibility index (Phi) is 5.69. The van der Waals surface area contributed by atoms with Gasteiger partial charge in [0.25, 0.3) is 0 Å². The highest BCUT2D eigenvalue weighted by Crippen LogP contribution is 2.11. The predicted octanol–water partition coefficient (Wildman–Crippen LogP) is 2.16. The van der Waals surface area contributed by atoms with Crippen LogP contribution in [0, 0.1) is 12.3 Å². The van der Waals surface area contributed by atoms with Crippen LogP contribution in [0.5, 0.6) is 0 Å². The van der Waals surface area contributed by atoms with Gasteiger partial charge in [0.15, 0.2) is 0 Å². The van der Waals surface area contributed by atoms with Crippen LogP contribution in [0.3, 0.4) is 0 Å². The van der Waals surface area contributed by atoms with E-state index in [0.29, 0.717) is 6.04 Å². The Labute approximate surface area is 93.5 Å². The van der Waals surface area contributed by atoms with Crippen molar-refractivity contribution in [3.8, 4) is 12.3 Å². The van der Waals surface area contributed by atoms with Crippen molar-refractivity contribution in [1.82, 2.24) is 10.3 Å². The SMILES string of the molecule is C#CCSCCNC(C)c1cscn1. The van der Waals surface area contributed by atoms with E-state index < -0.39 is 0 Å². The fourth-order valence-corrected chi connectivity index (χ4v) is 2.19. The van der Waals surface area contributed by atoms with Gasteiger partial charge in [-0.05, 0) is 6.92 Å². The predicted molar refractivity (Wildman–Crippen MR) is 64.7 cm³/mol. The van der Waals surface area contributed by atoms with E-state index in [1.54, 1.807) is 23.1 Å². The summed E-state index contributed by atoms with van der Waals surface area (Å²) in [7, 11) is 0. The van der Waals surface area contributed by atoms with Crippen LogP contribution in [0.15, 0.2) is 10.9 Å². The summed E-state index contributed by atoms with van der Waals surface area (Å²) >= 11 is 3.41. The molecule has 0 radical (unpaired) electrons. The van der Waals surface area contributed by atoms with Crippen LogP contribution in [0.1, 0.15) is 18.7 Å². The number of thioether (sulfide) groups is 1. The second kappa shape index (κ2) is 6.88. The fourth-order valence-electron chi connectivity index (χ4n) is 1.02. The molecule has 0 aromatic carbocycles. The third-order valence-electron chi connectivity index (χ3n) is 1.78. The molecule has 1 heterocycles. The van der Waals surface area contributed by atoms with Gasteiger partial charge in [0.2, 0.25) is 0 Å². The molecule has 1 unspecified atom stereocenters. The topological polar surface area (TPSA) is 24.9 Å². The van der Waals surface area contributed by atoms with Crippen molar-refractivity contribution in [2.75, 3.05) is 18.1 Å². The highest BCUT2D eigenvalue weighted by molar-refractivity contribution is 7.99. The molecule has 2 nitrogen and oxygen atoms in total. The molecule has 1 atom stereocenters. The number of terminal acetylenes is 1. The number of aromatic nitrogens is 1. The molecule has 0 spiro atoms. The first kappa shape index (κ1) is 11.6. The van der Waals surface area contributed by atoms with Gasteiger partial charge in [-0.1, -0.05) is 5.92 Å². The Hall–Kier alpha value is -0.500. The Morgan fingerprint density at radius 1 is 1.79 bits per heavy atom. The Morgan fingerprint density at radius 3 is 3.29 bits per heavy atom. The van der Waals surface area contributed by atoms with Gasteiger partial charge >= 0.3 is 0 Å². The molecule has 4 heteroatoms. The smallest absolute Gasteiger partial charge is 0.0795 e. The van der Waals surface area contributed by atoms with E-state index >= 15 is 0 Å². The van der Waals surface area contributed by atoms with Crippen molar-refractivity contribution >= 4 is 23.1 Å². The summed E-state index contributed by atoms with van der Waals surface area (Å²) in [5, 5.41) is 5.47.